The zero-order valence-corrected chi connectivity index (χ0v) is 11.2. The molecule has 20 heavy (non-hydrogen) atoms. The predicted octanol–water partition coefficient (Wildman–Crippen LogP) is 0.187. The highest BCUT2D eigenvalue weighted by Gasteiger charge is 2.11. The molecule has 6 nitrogen and oxygen atoms in total. The fourth-order valence-electron chi connectivity index (χ4n) is 1.18. The summed E-state index contributed by atoms with van der Waals surface area (Å²) >= 11 is 0. The van der Waals surface area contributed by atoms with E-state index in [1.807, 2.05) is 0 Å². The first-order chi connectivity index (χ1) is 9.40. The van der Waals surface area contributed by atoms with Crippen molar-refractivity contribution >= 4 is 17.8 Å². The topological polar surface area (TPSA) is 75.7 Å². The molecule has 0 aromatic heterocycles. The highest BCUT2D eigenvalue weighted by molar-refractivity contribution is 5.91. The van der Waals surface area contributed by atoms with Crippen LogP contribution in [0.25, 0.3) is 0 Å². The van der Waals surface area contributed by atoms with E-state index in [1.54, 1.807) is 14.1 Å². The average Bonchev–Trinajstić information content (AvgIpc) is 2.42. The number of ether oxygens (including phenoxy) is 1. The lowest BCUT2D eigenvalue weighted by molar-refractivity contribution is -0.131. The van der Waals surface area contributed by atoms with Crippen molar-refractivity contribution in [3.8, 4) is 0 Å². The van der Waals surface area contributed by atoms with E-state index in [1.165, 1.54) is 17.0 Å². The van der Waals surface area contributed by atoms with Crippen molar-refractivity contribution in [2.24, 2.45) is 0 Å². The maximum Gasteiger partial charge on any atom is 0.338 e. The Balaban J connectivity index is 2.35. The van der Waals surface area contributed by atoms with Crippen molar-refractivity contribution in [2.45, 2.75) is 0 Å². The molecule has 0 fully saturated rings. The van der Waals surface area contributed by atoms with E-state index in [2.05, 4.69) is 5.32 Å². The summed E-state index contributed by atoms with van der Waals surface area (Å²) in [5.74, 6) is -2.07. The summed E-state index contributed by atoms with van der Waals surface area (Å²) in [4.78, 5) is 35.4. The SMILES string of the molecule is CN(C)C(=O)CNC(=O)COC(=O)c1ccc(F)cc1. The summed E-state index contributed by atoms with van der Waals surface area (Å²) in [6.07, 6.45) is 0. The molecule has 0 aliphatic rings. The molecule has 0 unspecified atom stereocenters. The van der Waals surface area contributed by atoms with Crippen molar-refractivity contribution in [3.05, 3.63) is 35.6 Å². The molecule has 0 aliphatic heterocycles. The van der Waals surface area contributed by atoms with Crippen LogP contribution in [0.4, 0.5) is 4.39 Å². The molecule has 1 rings (SSSR count). The van der Waals surface area contributed by atoms with Gasteiger partial charge in [-0.05, 0) is 24.3 Å². The van der Waals surface area contributed by atoms with Crippen molar-refractivity contribution in [3.63, 3.8) is 0 Å². The van der Waals surface area contributed by atoms with Crippen LogP contribution in [0.3, 0.4) is 0 Å². The van der Waals surface area contributed by atoms with Crippen molar-refractivity contribution < 1.29 is 23.5 Å². The van der Waals surface area contributed by atoms with E-state index in [-0.39, 0.29) is 18.0 Å². The number of amides is 2. The van der Waals surface area contributed by atoms with Gasteiger partial charge in [-0.3, -0.25) is 9.59 Å². The second-order valence-electron chi connectivity index (χ2n) is 4.15. The van der Waals surface area contributed by atoms with Gasteiger partial charge >= 0.3 is 5.97 Å². The van der Waals surface area contributed by atoms with E-state index < -0.39 is 24.3 Å². The molecular weight excluding hydrogens is 267 g/mol. The molecular formula is C13H15FN2O4. The number of hydrogen-bond donors (Lipinski definition) is 1. The van der Waals surface area contributed by atoms with Gasteiger partial charge in [0.25, 0.3) is 5.91 Å². The van der Waals surface area contributed by atoms with Crippen LogP contribution in [0.15, 0.2) is 24.3 Å². The highest BCUT2D eigenvalue weighted by atomic mass is 19.1. The van der Waals surface area contributed by atoms with E-state index in [0.29, 0.717) is 0 Å². The zero-order chi connectivity index (χ0) is 15.1. The molecule has 0 saturated heterocycles. The largest absolute Gasteiger partial charge is 0.452 e. The van der Waals surface area contributed by atoms with Gasteiger partial charge < -0.3 is 15.0 Å². The Morgan fingerprint density at radius 2 is 1.80 bits per heavy atom. The minimum Gasteiger partial charge on any atom is -0.452 e. The number of benzene rings is 1. The van der Waals surface area contributed by atoms with Gasteiger partial charge in [-0.25, -0.2) is 9.18 Å². The normalized spacial score (nSPS) is 9.75. The number of carbonyl (C=O) groups excluding carboxylic acids is 3. The number of likely N-dealkylation sites (N-methyl/N-ethyl adjacent to an activating group) is 1. The number of halogens is 1. The Bertz CT molecular complexity index is 500. The molecule has 7 heteroatoms. The van der Waals surface area contributed by atoms with Crippen LogP contribution >= 0.6 is 0 Å². The first-order valence-electron chi connectivity index (χ1n) is 5.79. The van der Waals surface area contributed by atoms with Crippen LogP contribution < -0.4 is 5.32 Å². The number of esters is 1. The summed E-state index contributed by atoms with van der Waals surface area (Å²) in [5, 5.41) is 2.31. The van der Waals surface area contributed by atoms with Crippen molar-refractivity contribution in [1.82, 2.24) is 10.2 Å². The van der Waals surface area contributed by atoms with Crippen LogP contribution in [0.1, 0.15) is 10.4 Å². The molecule has 0 atom stereocenters. The van der Waals surface area contributed by atoms with Gasteiger partial charge in [0.05, 0.1) is 12.1 Å². The average molecular weight is 282 g/mol. The van der Waals surface area contributed by atoms with Gasteiger partial charge in [0.2, 0.25) is 5.91 Å². The standard InChI is InChI=1S/C13H15FN2O4/c1-16(2)12(18)7-15-11(17)8-20-13(19)9-3-5-10(14)6-4-9/h3-6H,7-8H2,1-2H3,(H,15,17). The number of nitrogens with one attached hydrogen (secondary N) is 1. The molecule has 2 amide bonds. The maximum atomic E-state index is 12.7. The number of rotatable bonds is 5. The first kappa shape index (κ1) is 15.6. The Labute approximate surface area is 115 Å². The van der Waals surface area contributed by atoms with Gasteiger partial charge in [0.1, 0.15) is 5.82 Å². The molecule has 1 aromatic rings. The Hall–Kier alpha value is -2.44. The fraction of sp³-hybridized carbons (Fsp3) is 0.308. The lowest BCUT2D eigenvalue weighted by Gasteiger charge is -2.11. The van der Waals surface area contributed by atoms with Crippen LogP contribution in [0, 0.1) is 5.82 Å². The van der Waals surface area contributed by atoms with E-state index in [0.717, 1.165) is 12.1 Å². The predicted molar refractivity (Wildman–Crippen MR) is 68.4 cm³/mol. The first-order valence-corrected chi connectivity index (χ1v) is 5.79. The van der Waals surface area contributed by atoms with Crippen molar-refractivity contribution in [1.29, 1.82) is 0 Å². The monoisotopic (exact) mass is 282 g/mol. The Morgan fingerprint density at radius 3 is 2.35 bits per heavy atom. The van der Waals surface area contributed by atoms with Gasteiger partial charge in [0.15, 0.2) is 6.61 Å². The number of nitrogens with zero attached hydrogens (tertiary/aromatic N) is 1. The zero-order valence-electron chi connectivity index (χ0n) is 11.2. The molecule has 0 spiro atoms. The van der Waals surface area contributed by atoms with E-state index >= 15 is 0 Å². The second-order valence-corrected chi connectivity index (χ2v) is 4.15. The summed E-state index contributed by atoms with van der Waals surface area (Å²) in [6, 6.07) is 4.75. The van der Waals surface area contributed by atoms with Crippen LogP contribution in [-0.4, -0.2) is 49.9 Å². The smallest absolute Gasteiger partial charge is 0.338 e. The fourth-order valence-corrected chi connectivity index (χ4v) is 1.18. The molecule has 108 valence electrons. The number of carbonyl (C=O) groups is 3. The minimum atomic E-state index is -0.737. The van der Waals surface area contributed by atoms with Gasteiger partial charge in [0, 0.05) is 14.1 Å². The third-order valence-electron chi connectivity index (χ3n) is 2.35. The molecule has 1 N–H and O–H groups in total. The maximum absolute atomic E-state index is 12.7. The third kappa shape index (κ3) is 5.05. The van der Waals surface area contributed by atoms with Gasteiger partial charge in [-0.1, -0.05) is 0 Å². The summed E-state index contributed by atoms with van der Waals surface area (Å²) in [5.41, 5.74) is 0.142. The lowest BCUT2D eigenvalue weighted by atomic mass is 10.2. The Kier molecular flexibility index (Phi) is 5.64. The van der Waals surface area contributed by atoms with Crippen LogP contribution in [0.2, 0.25) is 0 Å². The Morgan fingerprint density at radius 1 is 1.20 bits per heavy atom. The highest BCUT2D eigenvalue weighted by Crippen LogP contribution is 2.04. The lowest BCUT2D eigenvalue weighted by Crippen LogP contribution is -2.38. The number of hydrogen-bond acceptors (Lipinski definition) is 4. The summed E-state index contributed by atoms with van der Waals surface area (Å²) in [7, 11) is 3.12. The third-order valence-corrected chi connectivity index (χ3v) is 2.35. The van der Waals surface area contributed by atoms with Gasteiger partial charge in [-0.15, -0.1) is 0 Å². The quantitative estimate of drug-likeness (QED) is 0.782. The van der Waals surface area contributed by atoms with E-state index in [4.69, 9.17) is 4.74 Å². The molecule has 0 heterocycles. The molecule has 1 aromatic carbocycles. The summed E-state index contributed by atoms with van der Waals surface area (Å²) in [6.45, 7) is -0.670. The summed E-state index contributed by atoms with van der Waals surface area (Å²) < 4.78 is 17.4. The second kappa shape index (κ2) is 7.22. The molecule has 0 aliphatic carbocycles. The van der Waals surface area contributed by atoms with E-state index in [9.17, 15) is 18.8 Å². The van der Waals surface area contributed by atoms with Crippen LogP contribution in [0.5, 0.6) is 0 Å². The van der Waals surface area contributed by atoms with Gasteiger partial charge in [-0.2, -0.15) is 0 Å². The van der Waals surface area contributed by atoms with Crippen molar-refractivity contribution in [2.75, 3.05) is 27.2 Å². The minimum absolute atomic E-state index is 0.142. The molecule has 0 radical (unpaired) electrons. The van der Waals surface area contributed by atoms with Crippen LogP contribution in [-0.2, 0) is 14.3 Å². The molecule has 0 saturated carbocycles. The molecule has 0 bridgehead atoms.